The van der Waals surface area contributed by atoms with E-state index in [1.165, 1.54) is 6.07 Å². The van der Waals surface area contributed by atoms with Gasteiger partial charge in [-0.2, -0.15) is 0 Å². The molecule has 0 aliphatic carbocycles. The van der Waals surface area contributed by atoms with E-state index in [0.717, 1.165) is 26.9 Å². The number of amides is 1. The lowest BCUT2D eigenvalue weighted by atomic mass is 10.2. The van der Waals surface area contributed by atoms with Gasteiger partial charge >= 0.3 is 0 Å². The SMILES string of the molecule is CCSc1ccccc1C(=O)NCc1ccc(S(N)(=O)=O)s1. The number of nitrogens with two attached hydrogens (primary N) is 1. The molecule has 0 fully saturated rings. The first-order valence-electron chi connectivity index (χ1n) is 6.53. The van der Waals surface area contributed by atoms with Crippen LogP contribution in [-0.2, 0) is 16.6 Å². The van der Waals surface area contributed by atoms with E-state index in [4.69, 9.17) is 5.14 Å². The van der Waals surface area contributed by atoms with E-state index in [1.807, 2.05) is 25.1 Å². The van der Waals surface area contributed by atoms with Crippen molar-refractivity contribution in [3.8, 4) is 0 Å². The predicted molar refractivity (Wildman–Crippen MR) is 89.7 cm³/mol. The van der Waals surface area contributed by atoms with Crippen LogP contribution in [0, 0.1) is 0 Å². The fourth-order valence-electron chi connectivity index (χ4n) is 1.80. The maximum atomic E-state index is 12.3. The molecule has 0 aliphatic heterocycles. The number of benzene rings is 1. The molecule has 0 aliphatic rings. The summed E-state index contributed by atoms with van der Waals surface area (Å²) in [5.41, 5.74) is 0.623. The van der Waals surface area contributed by atoms with Gasteiger partial charge in [0.2, 0.25) is 10.0 Å². The van der Waals surface area contributed by atoms with Crippen molar-refractivity contribution in [1.29, 1.82) is 0 Å². The fraction of sp³-hybridized carbons (Fsp3) is 0.214. The Balaban J connectivity index is 2.06. The fourth-order valence-corrected chi connectivity index (χ4v) is 4.32. The number of thioether (sulfide) groups is 1. The van der Waals surface area contributed by atoms with E-state index in [9.17, 15) is 13.2 Å². The Hall–Kier alpha value is -1.35. The van der Waals surface area contributed by atoms with E-state index < -0.39 is 10.0 Å². The molecule has 5 nitrogen and oxygen atoms in total. The van der Waals surface area contributed by atoms with Gasteiger partial charge < -0.3 is 5.32 Å². The Morgan fingerprint density at radius 3 is 2.64 bits per heavy atom. The van der Waals surface area contributed by atoms with E-state index in [0.29, 0.717) is 5.56 Å². The third kappa shape index (κ3) is 4.33. The highest BCUT2D eigenvalue weighted by atomic mass is 32.2. The van der Waals surface area contributed by atoms with Crippen LogP contribution in [0.1, 0.15) is 22.2 Å². The topological polar surface area (TPSA) is 89.3 Å². The van der Waals surface area contributed by atoms with E-state index in [1.54, 1.807) is 23.9 Å². The van der Waals surface area contributed by atoms with Gasteiger partial charge in [0.25, 0.3) is 5.91 Å². The van der Waals surface area contributed by atoms with Crippen LogP contribution in [0.25, 0.3) is 0 Å². The number of nitrogens with one attached hydrogen (secondary N) is 1. The zero-order valence-corrected chi connectivity index (χ0v) is 14.4. The lowest BCUT2D eigenvalue weighted by Gasteiger charge is -2.08. The van der Waals surface area contributed by atoms with Crippen molar-refractivity contribution >= 4 is 39.0 Å². The number of carbonyl (C=O) groups excluding carboxylic acids is 1. The van der Waals surface area contributed by atoms with Gasteiger partial charge in [-0.15, -0.1) is 23.1 Å². The summed E-state index contributed by atoms with van der Waals surface area (Å²) in [6.45, 7) is 2.30. The summed E-state index contributed by atoms with van der Waals surface area (Å²) >= 11 is 2.66. The average Bonchev–Trinajstić information content (AvgIpc) is 2.95. The molecule has 22 heavy (non-hydrogen) atoms. The summed E-state index contributed by atoms with van der Waals surface area (Å²) in [5, 5.41) is 7.86. The van der Waals surface area contributed by atoms with E-state index >= 15 is 0 Å². The number of primary sulfonamides is 1. The zero-order chi connectivity index (χ0) is 16.2. The molecule has 0 saturated carbocycles. The van der Waals surface area contributed by atoms with Crippen LogP contribution in [0.2, 0.25) is 0 Å². The standard InChI is InChI=1S/C14H16N2O3S3/c1-2-20-12-6-4-3-5-11(12)14(17)16-9-10-7-8-13(21-10)22(15,18)19/h3-8H,2,9H2,1H3,(H,16,17)(H2,15,18,19). The number of thiophene rings is 1. The summed E-state index contributed by atoms with van der Waals surface area (Å²) in [6.07, 6.45) is 0. The predicted octanol–water partition coefficient (Wildman–Crippen LogP) is 2.44. The highest BCUT2D eigenvalue weighted by Gasteiger charge is 2.13. The summed E-state index contributed by atoms with van der Waals surface area (Å²) in [5.74, 6) is 0.703. The van der Waals surface area contributed by atoms with Crippen LogP contribution in [0.3, 0.4) is 0 Å². The van der Waals surface area contributed by atoms with Crippen molar-refractivity contribution in [2.24, 2.45) is 5.14 Å². The van der Waals surface area contributed by atoms with Crippen LogP contribution in [0.4, 0.5) is 0 Å². The number of hydrogen-bond donors (Lipinski definition) is 2. The summed E-state index contributed by atoms with van der Waals surface area (Å²) in [6, 6.07) is 10.5. The maximum absolute atomic E-state index is 12.3. The van der Waals surface area contributed by atoms with Crippen LogP contribution in [0.5, 0.6) is 0 Å². The number of sulfonamides is 1. The van der Waals surface area contributed by atoms with Crippen molar-refractivity contribution in [1.82, 2.24) is 5.32 Å². The molecule has 0 radical (unpaired) electrons. The van der Waals surface area contributed by atoms with Crippen molar-refractivity contribution in [3.63, 3.8) is 0 Å². The number of rotatable bonds is 6. The molecule has 118 valence electrons. The van der Waals surface area contributed by atoms with Gasteiger partial charge in [-0.25, -0.2) is 13.6 Å². The van der Waals surface area contributed by atoms with Crippen LogP contribution >= 0.6 is 23.1 Å². The molecule has 8 heteroatoms. The van der Waals surface area contributed by atoms with Crippen molar-refractivity contribution < 1.29 is 13.2 Å². The first-order valence-corrected chi connectivity index (χ1v) is 9.88. The second-order valence-electron chi connectivity index (χ2n) is 4.38. The highest BCUT2D eigenvalue weighted by molar-refractivity contribution is 7.99. The van der Waals surface area contributed by atoms with Crippen LogP contribution in [-0.4, -0.2) is 20.1 Å². The normalized spacial score (nSPS) is 11.4. The molecule has 0 unspecified atom stereocenters. The Bertz CT molecular complexity index is 769. The van der Waals surface area contributed by atoms with Gasteiger partial charge in [0.15, 0.2) is 0 Å². The molecule has 1 aromatic heterocycles. The summed E-state index contributed by atoms with van der Waals surface area (Å²) in [7, 11) is -3.68. The first-order chi connectivity index (χ1) is 10.4. The minimum atomic E-state index is -3.68. The third-order valence-corrected chi connectivity index (χ3v) is 6.25. The largest absolute Gasteiger partial charge is 0.347 e. The summed E-state index contributed by atoms with van der Waals surface area (Å²) in [4.78, 5) is 13.9. The van der Waals surface area contributed by atoms with Gasteiger partial charge in [-0.05, 0) is 30.0 Å². The monoisotopic (exact) mass is 356 g/mol. The third-order valence-electron chi connectivity index (χ3n) is 2.77. The van der Waals surface area contributed by atoms with Gasteiger partial charge in [-0.1, -0.05) is 19.1 Å². The van der Waals surface area contributed by atoms with Crippen molar-refractivity contribution in [3.05, 3.63) is 46.8 Å². The van der Waals surface area contributed by atoms with Crippen molar-refractivity contribution in [2.45, 2.75) is 22.6 Å². The molecule has 2 rings (SSSR count). The van der Waals surface area contributed by atoms with Crippen LogP contribution in [0.15, 0.2) is 45.5 Å². The molecule has 3 N–H and O–H groups in total. The zero-order valence-electron chi connectivity index (χ0n) is 11.9. The molecule has 0 saturated heterocycles. The highest BCUT2D eigenvalue weighted by Crippen LogP contribution is 2.23. The molecule has 2 aromatic rings. The second-order valence-corrected chi connectivity index (χ2v) is 8.64. The first kappa shape index (κ1) is 17.0. The Labute approximate surface area is 138 Å². The molecule has 0 spiro atoms. The number of hydrogen-bond acceptors (Lipinski definition) is 5. The summed E-state index contributed by atoms with van der Waals surface area (Å²) < 4.78 is 22.5. The quantitative estimate of drug-likeness (QED) is 0.778. The van der Waals surface area contributed by atoms with E-state index in [-0.39, 0.29) is 16.7 Å². The molecule has 0 atom stereocenters. The molecule has 0 bridgehead atoms. The lowest BCUT2D eigenvalue weighted by molar-refractivity contribution is 0.0948. The van der Waals surface area contributed by atoms with Crippen LogP contribution < -0.4 is 10.5 Å². The smallest absolute Gasteiger partial charge is 0.252 e. The number of carbonyl (C=O) groups is 1. The van der Waals surface area contributed by atoms with Gasteiger partial charge in [0.05, 0.1) is 12.1 Å². The molecular formula is C14H16N2O3S3. The maximum Gasteiger partial charge on any atom is 0.252 e. The molecule has 1 amide bonds. The molecule has 1 heterocycles. The van der Waals surface area contributed by atoms with Crippen molar-refractivity contribution in [2.75, 3.05) is 5.75 Å². The minimum absolute atomic E-state index is 0.0960. The Morgan fingerprint density at radius 2 is 2.00 bits per heavy atom. The van der Waals surface area contributed by atoms with Gasteiger partial charge in [0, 0.05) is 9.77 Å². The molecule has 1 aromatic carbocycles. The average molecular weight is 356 g/mol. The van der Waals surface area contributed by atoms with Gasteiger partial charge in [0.1, 0.15) is 4.21 Å². The second kappa shape index (κ2) is 7.28. The Morgan fingerprint density at radius 1 is 1.27 bits per heavy atom. The minimum Gasteiger partial charge on any atom is -0.347 e. The molecular weight excluding hydrogens is 340 g/mol. The van der Waals surface area contributed by atoms with Gasteiger partial charge in [-0.3, -0.25) is 4.79 Å². The Kier molecular flexibility index (Phi) is 5.63. The van der Waals surface area contributed by atoms with E-state index in [2.05, 4.69) is 5.32 Å². The lowest BCUT2D eigenvalue weighted by Crippen LogP contribution is -2.22.